The normalized spacial score (nSPS) is 12.6. The number of aryl methyl sites for hydroxylation is 3. The summed E-state index contributed by atoms with van der Waals surface area (Å²) in [6.45, 7) is 15.1. The first-order chi connectivity index (χ1) is 20.4. The summed E-state index contributed by atoms with van der Waals surface area (Å²) in [6.07, 6.45) is 1.53. The number of benzene rings is 3. The maximum atomic E-state index is 11.6. The van der Waals surface area contributed by atoms with Gasteiger partial charge in [-0.2, -0.15) is 9.59 Å². The lowest BCUT2D eigenvalue weighted by Crippen LogP contribution is -2.42. The van der Waals surface area contributed by atoms with Gasteiger partial charge in [0.15, 0.2) is 22.9 Å². The lowest BCUT2D eigenvalue weighted by molar-refractivity contribution is -0.386. The van der Waals surface area contributed by atoms with Gasteiger partial charge in [0.1, 0.15) is 11.4 Å². The third-order valence-corrected chi connectivity index (χ3v) is 6.49. The number of nitro groups is 2. The Morgan fingerprint density at radius 3 is 1.89 bits per heavy atom. The molecule has 1 aliphatic rings. The molecule has 44 heavy (non-hydrogen) atoms. The number of Topliss-reactive ketones (excluding diaryl/α,β-unsaturated/α-hetero) is 1. The molecule has 236 valence electrons. The van der Waals surface area contributed by atoms with Crippen LogP contribution in [-0.2, 0) is 20.8 Å². The molecule has 0 saturated heterocycles. The molecule has 0 saturated carbocycles. The van der Waals surface area contributed by atoms with E-state index in [9.17, 15) is 25.0 Å². The largest absolute Gasteiger partial charge is 0.502 e. The number of ether oxygens (including phenoxy) is 2. The zero-order chi connectivity index (χ0) is 33.8. The Hall–Kier alpha value is -5.09. The molecular weight excluding hydrogens is 572 g/mol. The van der Waals surface area contributed by atoms with Crippen molar-refractivity contribution in [2.45, 2.75) is 79.4 Å². The summed E-state index contributed by atoms with van der Waals surface area (Å²) < 4.78 is 11.3. The summed E-state index contributed by atoms with van der Waals surface area (Å²) in [6, 6.07) is 15.1. The van der Waals surface area contributed by atoms with Gasteiger partial charge in [0.2, 0.25) is 0 Å². The summed E-state index contributed by atoms with van der Waals surface area (Å²) in [5.41, 5.74) is 2.62. The third kappa shape index (κ3) is 11.3. The quantitative estimate of drug-likeness (QED) is 0.239. The van der Waals surface area contributed by atoms with E-state index in [0.29, 0.717) is 12.2 Å². The molecule has 0 fully saturated rings. The number of rotatable bonds is 5. The monoisotopic (exact) mass is 610 g/mol. The van der Waals surface area contributed by atoms with Crippen LogP contribution in [0, 0.1) is 41.0 Å². The van der Waals surface area contributed by atoms with Crippen LogP contribution in [0.5, 0.6) is 17.2 Å². The van der Waals surface area contributed by atoms with Crippen LogP contribution >= 0.6 is 0 Å². The molecule has 0 aliphatic carbocycles. The van der Waals surface area contributed by atoms with E-state index in [1.165, 1.54) is 18.2 Å². The molecule has 3 aromatic carbocycles. The fourth-order valence-electron chi connectivity index (χ4n) is 3.63. The van der Waals surface area contributed by atoms with Crippen LogP contribution < -0.4 is 9.47 Å². The molecule has 4 rings (SSSR count). The molecule has 1 N–H and O–H groups in total. The van der Waals surface area contributed by atoms with Gasteiger partial charge < -0.3 is 14.6 Å². The molecule has 12 heteroatoms. The number of phenolic OH excluding ortho intramolecular Hbond substituents is 1. The van der Waals surface area contributed by atoms with Gasteiger partial charge in [0.05, 0.1) is 9.85 Å². The highest BCUT2D eigenvalue weighted by Crippen LogP contribution is 2.33. The highest BCUT2D eigenvalue weighted by molar-refractivity contribution is 5.90. The van der Waals surface area contributed by atoms with Gasteiger partial charge in [0, 0.05) is 24.1 Å². The van der Waals surface area contributed by atoms with Gasteiger partial charge >= 0.3 is 17.5 Å². The minimum Gasteiger partial charge on any atom is -0.502 e. The first kappa shape index (κ1) is 36.9. The number of carbonyl (C=O) groups excluding carboxylic acids is 3. The Labute approximate surface area is 255 Å². The van der Waals surface area contributed by atoms with Crippen LogP contribution in [0.25, 0.3) is 0 Å². The first-order valence-electron chi connectivity index (χ1n) is 13.6. The molecule has 1 heterocycles. The van der Waals surface area contributed by atoms with Crippen molar-refractivity contribution in [3.63, 3.8) is 0 Å². The number of nitro benzene ring substituents is 2. The predicted octanol–water partition coefficient (Wildman–Crippen LogP) is 6.77. The van der Waals surface area contributed by atoms with Crippen molar-refractivity contribution in [2.24, 2.45) is 0 Å². The molecular formula is C32H38N2O10. The Morgan fingerprint density at radius 1 is 0.909 bits per heavy atom. The summed E-state index contributed by atoms with van der Waals surface area (Å²) in [5, 5.41) is 30.0. The fraction of sp³-hybridized carbons (Fsp3) is 0.375. The maximum Gasteiger partial charge on any atom is 0.373 e. The van der Waals surface area contributed by atoms with E-state index in [4.69, 9.17) is 24.2 Å². The number of phenols is 1. The van der Waals surface area contributed by atoms with E-state index in [2.05, 4.69) is 0 Å². The van der Waals surface area contributed by atoms with Gasteiger partial charge in [0.25, 0.3) is 0 Å². The number of hydrogen-bond acceptors (Lipinski definition) is 10. The Kier molecular flexibility index (Phi) is 13.4. The summed E-state index contributed by atoms with van der Waals surface area (Å²) >= 11 is 0. The Bertz CT molecular complexity index is 1520. The smallest absolute Gasteiger partial charge is 0.373 e. The van der Waals surface area contributed by atoms with Gasteiger partial charge in [-0.05, 0) is 89.8 Å². The zero-order valence-electron chi connectivity index (χ0n) is 26.1. The van der Waals surface area contributed by atoms with Gasteiger partial charge in [-0.15, -0.1) is 0 Å². The van der Waals surface area contributed by atoms with Crippen molar-refractivity contribution in [3.8, 4) is 17.2 Å². The topological polar surface area (TPSA) is 176 Å². The van der Waals surface area contributed by atoms with E-state index >= 15 is 0 Å². The van der Waals surface area contributed by atoms with Gasteiger partial charge in [-0.25, -0.2) is 0 Å². The van der Waals surface area contributed by atoms with Crippen LogP contribution in [0.3, 0.4) is 0 Å². The highest BCUT2D eigenvalue weighted by Gasteiger charge is 2.34. The predicted molar refractivity (Wildman–Crippen MR) is 162 cm³/mol. The SMILES string of the molecule is CCC(C)(C)Oc1cc(C)ccc1[N+](=O)[O-].Cc1ccc([N+](=O)[O-])c(O)c1.Cc1ccc2c(c1)OC(C)(C)C(=O)C2.O=C=O. The second kappa shape index (κ2) is 15.9. The second-order valence-corrected chi connectivity index (χ2v) is 11.1. The number of nitrogens with zero attached hydrogens (tertiary/aromatic N) is 2. The maximum absolute atomic E-state index is 11.6. The van der Waals surface area contributed by atoms with Crippen LogP contribution in [0.2, 0.25) is 0 Å². The van der Waals surface area contributed by atoms with Crippen molar-refractivity contribution in [1.82, 2.24) is 0 Å². The lowest BCUT2D eigenvalue weighted by atomic mass is 9.92. The minimum atomic E-state index is -0.666. The minimum absolute atomic E-state index is 0.0205. The van der Waals surface area contributed by atoms with E-state index in [1.54, 1.807) is 25.1 Å². The summed E-state index contributed by atoms with van der Waals surface area (Å²) in [7, 11) is 0. The standard InChI is InChI=1S/C12H17NO3.C12H14O2.C7H7NO3.CO2/c1-5-12(3,4)16-11-8-9(2)6-7-10(11)13(14)15;1-8-4-5-9-7-11(13)12(2,3)14-10(9)6-8;1-5-2-3-6(8(10)11)7(9)4-5;2-1-3/h6-8H,5H2,1-4H3;4-6H,7H2,1-3H3;2-4,9H,1H3;. The van der Waals surface area contributed by atoms with Crippen LogP contribution in [0.1, 0.15) is 63.3 Å². The van der Waals surface area contributed by atoms with Crippen LogP contribution in [-0.4, -0.2) is 38.1 Å². The summed E-state index contributed by atoms with van der Waals surface area (Å²) in [4.78, 5) is 47.9. The van der Waals surface area contributed by atoms with E-state index in [0.717, 1.165) is 34.4 Å². The van der Waals surface area contributed by atoms with Crippen LogP contribution in [0.15, 0.2) is 54.6 Å². The van der Waals surface area contributed by atoms with E-state index in [-0.39, 0.29) is 29.1 Å². The first-order valence-corrected chi connectivity index (χ1v) is 13.6. The Balaban J connectivity index is 0.000000320. The molecule has 3 aromatic rings. The number of hydrogen-bond donors (Lipinski definition) is 1. The molecule has 0 amide bonds. The van der Waals surface area contributed by atoms with Gasteiger partial charge in [-0.3, -0.25) is 25.0 Å². The average molecular weight is 611 g/mol. The second-order valence-electron chi connectivity index (χ2n) is 11.1. The molecule has 0 spiro atoms. The third-order valence-electron chi connectivity index (χ3n) is 6.49. The van der Waals surface area contributed by atoms with E-state index in [1.807, 2.05) is 66.7 Å². The molecule has 0 atom stereocenters. The fourth-order valence-corrected chi connectivity index (χ4v) is 3.63. The average Bonchev–Trinajstić information content (AvgIpc) is 2.90. The van der Waals surface area contributed by atoms with Crippen molar-refractivity contribution in [2.75, 3.05) is 0 Å². The Morgan fingerprint density at radius 2 is 1.39 bits per heavy atom. The van der Waals surface area contributed by atoms with Gasteiger partial charge in [-0.1, -0.05) is 31.2 Å². The van der Waals surface area contributed by atoms with Crippen molar-refractivity contribution < 1.29 is 38.8 Å². The molecule has 1 aliphatic heterocycles. The van der Waals surface area contributed by atoms with Crippen molar-refractivity contribution in [1.29, 1.82) is 0 Å². The van der Waals surface area contributed by atoms with Crippen molar-refractivity contribution >= 4 is 23.3 Å². The lowest BCUT2D eigenvalue weighted by Gasteiger charge is -2.31. The summed E-state index contributed by atoms with van der Waals surface area (Å²) in [5.74, 6) is 1.07. The molecule has 0 bridgehead atoms. The number of aromatic hydroxyl groups is 1. The molecule has 0 radical (unpaired) electrons. The number of fused-ring (bicyclic) bond motifs is 1. The van der Waals surface area contributed by atoms with Crippen LogP contribution in [0.4, 0.5) is 11.4 Å². The molecule has 12 nitrogen and oxygen atoms in total. The highest BCUT2D eigenvalue weighted by atomic mass is 16.6. The molecule has 0 unspecified atom stereocenters. The molecule has 0 aromatic heterocycles. The number of ketones is 1. The number of carbonyl (C=O) groups is 1. The van der Waals surface area contributed by atoms with Crippen molar-refractivity contribution in [3.05, 3.63) is 97.1 Å². The zero-order valence-corrected chi connectivity index (χ0v) is 26.1. The van der Waals surface area contributed by atoms with E-state index < -0.39 is 21.0 Å².